The van der Waals surface area contributed by atoms with E-state index < -0.39 is 0 Å². The molecule has 0 bridgehead atoms. The molecule has 0 saturated heterocycles. The van der Waals surface area contributed by atoms with E-state index in [1.54, 1.807) is 0 Å². The molecule has 10 aromatic rings. The second-order valence-corrected chi connectivity index (χ2v) is 14.4. The number of benzene rings is 7. The summed E-state index contributed by atoms with van der Waals surface area (Å²) in [6.45, 7) is 0. The molecule has 3 nitrogen and oxygen atoms in total. The minimum atomic E-state index is 0.599. The summed E-state index contributed by atoms with van der Waals surface area (Å²) in [6.07, 6.45) is 0. The molecule has 0 N–H and O–H groups in total. The van der Waals surface area contributed by atoms with Crippen molar-refractivity contribution in [1.29, 1.82) is 10.5 Å². The van der Waals surface area contributed by atoms with Crippen LogP contribution in [0.3, 0.4) is 0 Å². The van der Waals surface area contributed by atoms with Crippen LogP contribution in [-0.4, -0.2) is 4.57 Å². The van der Waals surface area contributed by atoms with Crippen molar-refractivity contribution in [3.05, 3.63) is 151 Å². The number of nitriles is 2. The first-order valence-corrected chi connectivity index (χ1v) is 17.7. The van der Waals surface area contributed by atoms with Gasteiger partial charge < -0.3 is 4.57 Å². The lowest BCUT2D eigenvalue weighted by Crippen LogP contribution is -2.00. The molecule has 0 spiro atoms. The van der Waals surface area contributed by atoms with Crippen LogP contribution in [0.5, 0.6) is 0 Å². The fourth-order valence-corrected chi connectivity index (χ4v) is 9.94. The van der Waals surface area contributed by atoms with Gasteiger partial charge in [-0.15, -0.1) is 22.7 Å². The molecule has 3 aromatic heterocycles. The lowest BCUT2D eigenvalue weighted by Gasteiger charge is -2.16. The van der Waals surface area contributed by atoms with E-state index in [1.807, 2.05) is 65.1 Å². The van der Waals surface area contributed by atoms with Crippen molar-refractivity contribution >= 4 is 84.8 Å². The Morgan fingerprint density at radius 1 is 0.449 bits per heavy atom. The van der Waals surface area contributed by atoms with Crippen LogP contribution < -0.4 is 0 Å². The van der Waals surface area contributed by atoms with E-state index >= 15 is 0 Å². The van der Waals surface area contributed by atoms with Gasteiger partial charge in [-0.1, -0.05) is 84.9 Å². The van der Waals surface area contributed by atoms with E-state index in [9.17, 15) is 10.5 Å². The highest BCUT2D eigenvalue weighted by Crippen LogP contribution is 2.46. The monoisotopic (exact) mass is 657 g/mol. The largest absolute Gasteiger partial charge is 0.307 e. The minimum Gasteiger partial charge on any atom is -0.307 e. The van der Waals surface area contributed by atoms with Gasteiger partial charge in [0.2, 0.25) is 0 Å². The van der Waals surface area contributed by atoms with Gasteiger partial charge in [0.25, 0.3) is 0 Å². The fraction of sp³-hybridized carbons (Fsp3) is 0. The van der Waals surface area contributed by atoms with Crippen molar-refractivity contribution in [2.24, 2.45) is 0 Å². The van der Waals surface area contributed by atoms with Crippen molar-refractivity contribution in [3.8, 4) is 40.1 Å². The predicted molar refractivity (Wildman–Crippen MR) is 207 cm³/mol. The summed E-state index contributed by atoms with van der Waals surface area (Å²) in [5.41, 5.74) is 8.54. The molecule has 0 aliphatic carbocycles. The van der Waals surface area contributed by atoms with Gasteiger partial charge in [0.15, 0.2) is 0 Å². The number of para-hydroxylation sites is 2. The molecule has 0 fully saturated rings. The molecule has 3 heterocycles. The van der Waals surface area contributed by atoms with Gasteiger partial charge in [0.05, 0.1) is 43.3 Å². The zero-order valence-electron chi connectivity index (χ0n) is 25.9. The molecule has 0 unspecified atom stereocenters. The molecular weight excluding hydrogens is 635 g/mol. The Labute approximate surface area is 289 Å². The molecule has 49 heavy (non-hydrogen) atoms. The summed E-state index contributed by atoms with van der Waals surface area (Å²) in [6, 6.07) is 53.5. The van der Waals surface area contributed by atoms with Crippen LogP contribution in [0, 0.1) is 22.7 Å². The van der Waals surface area contributed by atoms with Gasteiger partial charge in [0.1, 0.15) is 6.07 Å². The van der Waals surface area contributed by atoms with E-state index in [-0.39, 0.29) is 0 Å². The lowest BCUT2D eigenvalue weighted by molar-refractivity contribution is 1.17. The van der Waals surface area contributed by atoms with Crippen molar-refractivity contribution < 1.29 is 0 Å². The van der Waals surface area contributed by atoms with Crippen LogP contribution >= 0.6 is 22.7 Å². The number of aromatic nitrogens is 1. The number of nitrogens with zero attached hydrogens (tertiary/aromatic N) is 3. The fourth-order valence-electron chi connectivity index (χ4n) is 7.44. The second kappa shape index (κ2) is 10.6. The molecule has 0 aliphatic rings. The maximum atomic E-state index is 10.4. The molecular formula is C44H23N3S2. The van der Waals surface area contributed by atoms with Gasteiger partial charge in [-0.2, -0.15) is 10.5 Å². The van der Waals surface area contributed by atoms with E-state index in [0.29, 0.717) is 11.1 Å². The van der Waals surface area contributed by atoms with Crippen LogP contribution in [-0.2, 0) is 0 Å². The highest BCUT2D eigenvalue weighted by Gasteiger charge is 2.20. The Balaban J connectivity index is 1.19. The molecule has 0 aliphatic heterocycles. The van der Waals surface area contributed by atoms with E-state index in [0.717, 1.165) is 38.6 Å². The number of hydrogen-bond donors (Lipinski definition) is 0. The lowest BCUT2D eigenvalue weighted by atomic mass is 9.98. The normalized spacial score (nSPS) is 11.6. The Hall–Kier alpha value is -6.24. The smallest absolute Gasteiger partial charge is 0.101 e. The van der Waals surface area contributed by atoms with Gasteiger partial charge in [-0.05, 0) is 71.3 Å². The Kier molecular flexibility index (Phi) is 6.04. The van der Waals surface area contributed by atoms with E-state index in [4.69, 9.17) is 0 Å². The molecule has 0 atom stereocenters. The van der Waals surface area contributed by atoms with Crippen molar-refractivity contribution in [2.45, 2.75) is 0 Å². The standard InChI is InChI=1S/C44H23N3S2/c45-24-26-13-18-39-35(21-26)32-10-4-5-12-38(32)47(39)42-30(25-46)9-6-11-31(42)29-15-20-41-37(23-29)34-17-16-33-36-22-28(27-7-2-1-3-8-27)14-19-40(36)48-43(33)44(34)49-41/h1-23H. The number of hydrogen-bond acceptors (Lipinski definition) is 4. The molecule has 226 valence electrons. The van der Waals surface area contributed by atoms with Crippen LogP contribution in [0.4, 0.5) is 0 Å². The maximum absolute atomic E-state index is 10.4. The first-order valence-electron chi connectivity index (χ1n) is 16.0. The summed E-state index contributed by atoms with van der Waals surface area (Å²) >= 11 is 3.73. The van der Waals surface area contributed by atoms with Crippen LogP contribution in [0.15, 0.2) is 140 Å². The summed E-state index contributed by atoms with van der Waals surface area (Å²) in [5.74, 6) is 0. The van der Waals surface area contributed by atoms with Crippen LogP contribution in [0.1, 0.15) is 11.1 Å². The third kappa shape index (κ3) is 4.11. The van der Waals surface area contributed by atoms with Gasteiger partial charge in [-0.25, -0.2) is 0 Å². The SMILES string of the molecule is N#Cc1ccc2c(c1)c1ccccc1n2-c1c(C#N)cccc1-c1ccc2sc3c(ccc4c5cc(-c6ccccc6)ccc5sc43)c2c1. The van der Waals surface area contributed by atoms with Gasteiger partial charge in [0, 0.05) is 47.3 Å². The number of fused-ring (bicyclic) bond motifs is 10. The Morgan fingerprint density at radius 2 is 1.12 bits per heavy atom. The van der Waals surface area contributed by atoms with E-state index in [1.165, 1.54) is 51.5 Å². The summed E-state index contributed by atoms with van der Waals surface area (Å²) in [4.78, 5) is 0. The maximum Gasteiger partial charge on any atom is 0.101 e. The zero-order chi connectivity index (χ0) is 32.6. The third-order valence-electron chi connectivity index (χ3n) is 9.68. The summed E-state index contributed by atoms with van der Waals surface area (Å²) < 4.78 is 7.38. The first kappa shape index (κ1) is 27.8. The first-order chi connectivity index (χ1) is 24.2. The minimum absolute atomic E-state index is 0.599. The molecule has 10 rings (SSSR count). The molecule has 5 heteroatoms. The topological polar surface area (TPSA) is 52.5 Å². The zero-order valence-corrected chi connectivity index (χ0v) is 27.6. The third-order valence-corrected chi connectivity index (χ3v) is 12.2. The average molecular weight is 658 g/mol. The van der Waals surface area contributed by atoms with Gasteiger partial charge in [-0.3, -0.25) is 0 Å². The number of rotatable bonds is 3. The predicted octanol–water partition coefficient (Wildman–Crippen LogP) is 12.6. The molecule has 0 amide bonds. The number of thiophene rings is 2. The highest BCUT2D eigenvalue weighted by atomic mass is 32.1. The summed E-state index contributed by atoms with van der Waals surface area (Å²) in [7, 11) is 0. The van der Waals surface area contributed by atoms with E-state index in [2.05, 4.69) is 114 Å². The second-order valence-electron chi connectivity index (χ2n) is 12.3. The van der Waals surface area contributed by atoms with Crippen molar-refractivity contribution in [3.63, 3.8) is 0 Å². The Morgan fingerprint density at radius 3 is 1.86 bits per heavy atom. The highest BCUT2D eigenvalue weighted by molar-refractivity contribution is 7.33. The average Bonchev–Trinajstić information content (AvgIpc) is 3.83. The summed E-state index contributed by atoms with van der Waals surface area (Å²) in [5, 5.41) is 27.2. The van der Waals surface area contributed by atoms with Crippen molar-refractivity contribution in [1.82, 2.24) is 4.57 Å². The van der Waals surface area contributed by atoms with Crippen LogP contribution in [0.2, 0.25) is 0 Å². The van der Waals surface area contributed by atoms with Crippen molar-refractivity contribution in [2.75, 3.05) is 0 Å². The quantitative estimate of drug-likeness (QED) is 0.190. The molecule has 7 aromatic carbocycles. The Bertz CT molecular complexity index is 3070. The molecule has 0 radical (unpaired) electrons. The van der Waals surface area contributed by atoms with Gasteiger partial charge >= 0.3 is 0 Å². The van der Waals surface area contributed by atoms with Crippen LogP contribution in [0.25, 0.3) is 90.1 Å². The molecule has 0 saturated carbocycles.